The number of hydrogen-bond donors (Lipinski definition) is 1. The van der Waals surface area contributed by atoms with E-state index in [9.17, 15) is 9.90 Å². The summed E-state index contributed by atoms with van der Waals surface area (Å²) >= 11 is 3.36. The van der Waals surface area contributed by atoms with Gasteiger partial charge in [0.05, 0.1) is 17.8 Å². The van der Waals surface area contributed by atoms with Crippen molar-refractivity contribution < 1.29 is 14.3 Å². The van der Waals surface area contributed by atoms with Gasteiger partial charge in [-0.2, -0.15) is 0 Å². The van der Waals surface area contributed by atoms with Crippen LogP contribution in [0.5, 0.6) is 0 Å². The highest BCUT2D eigenvalue weighted by Crippen LogP contribution is 2.26. The van der Waals surface area contributed by atoms with Crippen molar-refractivity contribution in [3.05, 3.63) is 51.9 Å². The van der Waals surface area contributed by atoms with E-state index >= 15 is 0 Å². The molecule has 0 fully saturated rings. The lowest BCUT2D eigenvalue weighted by Gasteiger charge is -2.20. The third-order valence-corrected chi connectivity index (χ3v) is 3.28. The quantitative estimate of drug-likeness (QED) is 0.932. The van der Waals surface area contributed by atoms with Crippen molar-refractivity contribution >= 4 is 27.6 Å². The molecule has 0 aliphatic heterocycles. The third kappa shape index (κ3) is 3.17. The molecule has 0 aliphatic carbocycles. The molecule has 1 heterocycles. The Hall–Kier alpha value is -1.75. The molecule has 0 bridgehead atoms. The van der Waals surface area contributed by atoms with Crippen LogP contribution in [0.2, 0.25) is 0 Å². The Morgan fingerprint density at radius 2 is 2.11 bits per heavy atom. The van der Waals surface area contributed by atoms with Gasteiger partial charge in [-0.15, -0.1) is 0 Å². The zero-order valence-electron chi connectivity index (χ0n) is 10.7. The third-order valence-electron chi connectivity index (χ3n) is 2.79. The normalized spacial score (nSPS) is 10.5. The fourth-order valence-electron chi connectivity index (χ4n) is 1.89. The topological polar surface area (TPSA) is 53.7 Å². The van der Waals surface area contributed by atoms with E-state index in [0.29, 0.717) is 12.2 Å². The number of nitrogens with zero attached hydrogens (tertiary/aromatic N) is 1. The molecule has 100 valence electrons. The Bertz CT molecular complexity index is 606. The van der Waals surface area contributed by atoms with E-state index in [1.54, 1.807) is 18.2 Å². The summed E-state index contributed by atoms with van der Waals surface area (Å²) in [5.41, 5.74) is 0.921. The molecule has 0 atom stereocenters. The van der Waals surface area contributed by atoms with Gasteiger partial charge in [0.15, 0.2) is 0 Å². The molecule has 0 aliphatic rings. The van der Waals surface area contributed by atoms with Gasteiger partial charge in [0, 0.05) is 11.5 Å². The lowest BCUT2D eigenvalue weighted by Crippen LogP contribution is -2.19. The molecule has 0 amide bonds. The standard InChI is InChI=1S/C14H14BrNO3/c1-9-3-5-11(19-9)8-16(2)13-7-10(15)4-6-12(13)14(17)18/h3-7H,8H2,1-2H3,(H,17,18). The Morgan fingerprint density at radius 1 is 1.37 bits per heavy atom. The van der Waals surface area contributed by atoms with Gasteiger partial charge >= 0.3 is 5.97 Å². The molecule has 1 aromatic heterocycles. The summed E-state index contributed by atoms with van der Waals surface area (Å²) < 4.78 is 6.35. The minimum atomic E-state index is -0.940. The molecule has 19 heavy (non-hydrogen) atoms. The maximum atomic E-state index is 11.2. The average Bonchev–Trinajstić information content (AvgIpc) is 2.74. The number of aryl methyl sites for hydroxylation is 1. The van der Waals surface area contributed by atoms with Gasteiger partial charge in [-0.3, -0.25) is 0 Å². The van der Waals surface area contributed by atoms with Crippen LogP contribution in [0, 0.1) is 6.92 Å². The summed E-state index contributed by atoms with van der Waals surface area (Å²) in [6, 6.07) is 8.88. The van der Waals surface area contributed by atoms with Gasteiger partial charge < -0.3 is 14.4 Å². The second-order valence-corrected chi connectivity index (χ2v) is 5.25. The Morgan fingerprint density at radius 3 is 2.68 bits per heavy atom. The second kappa shape index (κ2) is 5.48. The van der Waals surface area contributed by atoms with Crippen molar-refractivity contribution in [3.63, 3.8) is 0 Å². The maximum absolute atomic E-state index is 11.2. The summed E-state index contributed by atoms with van der Waals surface area (Å²) in [5.74, 6) is 0.706. The second-order valence-electron chi connectivity index (χ2n) is 4.34. The summed E-state index contributed by atoms with van der Waals surface area (Å²) in [5, 5.41) is 9.21. The van der Waals surface area contributed by atoms with Gasteiger partial charge in [0.1, 0.15) is 11.5 Å². The van der Waals surface area contributed by atoms with Crippen LogP contribution in [0.1, 0.15) is 21.9 Å². The van der Waals surface area contributed by atoms with E-state index in [0.717, 1.165) is 16.0 Å². The van der Waals surface area contributed by atoms with E-state index in [1.807, 2.05) is 31.0 Å². The van der Waals surface area contributed by atoms with Crippen molar-refractivity contribution in [2.45, 2.75) is 13.5 Å². The zero-order valence-corrected chi connectivity index (χ0v) is 12.3. The predicted octanol–water partition coefficient (Wildman–Crippen LogP) is 3.69. The van der Waals surface area contributed by atoms with Gasteiger partial charge in [-0.1, -0.05) is 15.9 Å². The number of aromatic carboxylic acids is 1. The van der Waals surface area contributed by atoms with Crippen molar-refractivity contribution in [1.82, 2.24) is 0 Å². The van der Waals surface area contributed by atoms with Gasteiger partial charge in [-0.05, 0) is 37.3 Å². The number of carbonyl (C=O) groups is 1. The SMILES string of the molecule is Cc1ccc(CN(C)c2cc(Br)ccc2C(=O)O)o1. The number of furan rings is 1. The molecular formula is C14H14BrNO3. The van der Waals surface area contributed by atoms with Crippen LogP contribution >= 0.6 is 15.9 Å². The van der Waals surface area contributed by atoms with Crippen molar-refractivity contribution in [3.8, 4) is 0 Å². The van der Waals surface area contributed by atoms with Crippen LogP contribution in [-0.2, 0) is 6.54 Å². The van der Waals surface area contributed by atoms with Crippen LogP contribution in [0.25, 0.3) is 0 Å². The maximum Gasteiger partial charge on any atom is 0.337 e. The molecule has 2 aromatic rings. The van der Waals surface area contributed by atoms with E-state index in [2.05, 4.69) is 15.9 Å². The fourth-order valence-corrected chi connectivity index (χ4v) is 2.24. The predicted molar refractivity (Wildman–Crippen MR) is 76.7 cm³/mol. The molecule has 5 heteroatoms. The minimum Gasteiger partial charge on any atom is -0.478 e. The molecule has 1 aromatic carbocycles. The molecule has 0 saturated heterocycles. The number of carboxylic acid groups (broad SMARTS) is 1. The largest absolute Gasteiger partial charge is 0.478 e. The molecule has 1 N–H and O–H groups in total. The van der Waals surface area contributed by atoms with Crippen LogP contribution in [0.4, 0.5) is 5.69 Å². The van der Waals surface area contributed by atoms with E-state index in [-0.39, 0.29) is 5.56 Å². The molecular weight excluding hydrogens is 310 g/mol. The highest BCUT2D eigenvalue weighted by Gasteiger charge is 2.15. The Labute approximate surface area is 119 Å². The molecule has 4 nitrogen and oxygen atoms in total. The number of rotatable bonds is 4. The lowest BCUT2D eigenvalue weighted by molar-refractivity contribution is 0.0697. The lowest BCUT2D eigenvalue weighted by atomic mass is 10.1. The van der Waals surface area contributed by atoms with Gasteiger partial charge in [-0.25, -0.2) is 4.79 Å². The van der Waals surface area contributed by atoms with E-state index < -0.39 is 5.97 Å². The van der Waals surface area contributed by atoms with Crippen molar-refractivity contribution in [2.24, 2.45) is 0 Å². The van der Waals surface area contributed by atoms with E-state index in [1.165, 1.54) is 0 Å². The summed E-state index contributed by atoms with van der Waals surface area (Å²) in [6.45, 7) is 2.40. The minimum absolute atomic E-state index is 0.272. The highest BCUT2D eigenvalue weighted by atomic mass is 79.9. The molecule has 0 saturated carbocycles. The monoisotopic (exact) mass is 323 g/mol. The zero-order chi connectivity index (χ0) is 14.0. The van der Waals surface area contributed by atoms with Crippen molar-refractivity contribution in [1.29, 1.82) is 0 Å². The Kier molecular flexibility index (Phi) is 3.95. The molecule has 0 spiro atoms. The number of benzene rings is 1. The van der Waals surface area contributed by atoms with E-state index in [4.69, 9.17) is 4.42 Å². The summed E-state index contributed by atoms with van der Waals surface area (Å²) in [7, 11) is 1.84. The van der Waals surface area contributed by atoms with Crippen molar-refractivity contribution in [2.75, 3.05) is 11.9 Å². The first kappa shape index (κ1) is 13.7. The first-order valence-corrected chi connectivity index (χ1v) is 6.56. The molecule has 2 rings (SSSR count). The van der Waals surface area contributed by atoms with Crippen LogP contribution < -0.4 is 4.90 Å². The van der Waals surface area contributed by atoms with Crippen LogP contribution in [0.3, 0.4) is 0 Å². The number of hydrogen-bond acceptors (Lipinski definition) is 3. The molecule has 0 radical (unpaired) electrons. The van der Waals surface area contributed by atoms with Crippen LogP contribution in [0.15, 0.2) is 39.2 Å². The number of halogens is 1. The number of anilines is 1. The fraction of sp³-hybridized carbons (Fsp3) is 0.214. The van der Waals surface area contributed by atoms with Crippen LogP contribution in [-0.4, -0.2) is 18.1 Å². The molecule has 0 unspecified atom stereocenters. The summed E-state index contributed by atoms with van der Waals surface area (Å²) in [4.78, 5) is 13.1. The smallest absolute Gasteiger partial charge is 0.337 e. The number of carboxylic acids is 1. The first-order valence-electron chi connectivity index (χ1n) is 5.76. The Balaban J connectivity index is 2.29. The van der Waals surface area contributed by atoms with Gasteiger partial charge in [0.25, 0.3) is 0 Å². The summed E-state index contributed by atoms with van der Waals surface area (Å²) in [6.07, 6.45) is 0. The highest BCUT2D eigenvalue weighted by molar-refractivity contribution is 9.10. The average molecular weight is 324 g/mol. The first-order chi connectivity index (χ1) is 8.97. The van der Waals surface area contributed by atoms with Gasteiger partial charge in [0.2, 0.25) is 0 Å².